The fourth-order valence-electron chi connectivity index (χ4n) is 3.82. The third kappa shape index (κ3) is 4.50. The fraction of sp³-hybridized carbons (Fsp3) is 0.524. The van der Waals surface area contributed by atoms with E-state index in [1.165, 1.54) is 24.0 Å². The Balaban J connectivity index is 1.54. The summed E-state index contributed by atoms with van der Waals surface area (Å²) in [6, 6.07) is 8.63. The molecule has 1 aliphatic rings. The minimum absolute atomic E-state index is 0.230. The summed E-state index contributed by atoms with van der Waals surface area (Å²) >= 11 is 0. The van der Waals surface area contributed by atoms with Crippen molar-refractivity contribution in [3.05, 3.63) is 53.6 Å². The number of amides is 1. The zero-order valence-corrected chi connectivity index (χ0v) is 15.4. The van der Waals surface area contributed by atoms with Crippen LogP contribution in [0.15, 0.2) is 36.7 Å². The average Bonchev–Trinajstić information content (AvgIpc) is 3.08. The number of benzene rings is 1. The first kappa shape index (κ1) is 17.7. The Morgan fingerprint density at radius 1 is 1.32 bits per heavy atom. The maximum absolute atomic E-state index is 12.7. The van der Waals surface area contributed by atoms with Crippen LogP contribution in [0.25, 0.3) is 0 Å². The van der Waals surface area contributed by atoms with Crippen LogP contribution in [-0.4, -0.2) is 33.4 Å². The van der Waals surface area contributed by atoms with E-state index < -0.39 is 0 Å². The van der Waals surface area contributed by atoms with Crippen molar-refractivity contribution in [2.45, 2.75) is 52.5 Å². The molecular formula is C21H29N3O. The summed E-state index contributed by atoms with van der Waals surface area (Å²) in [6.45, 7) is 6.48. The molecule has 134 valence electrons. The summed E-state index contributed by atoms with van der Waals surface area (Å²) in [6.07, 6.45) is 9.19. The van der Waals surface area contributed by atoms with E-state index in [-0.39, 0.29) is 5.91 Å². The Kier molecular flexibility index (Phi) is 5.90. The summed E-state index contributed by atoms with van der Waals surface area (Å²) < 4.78 is 1.99. The summed E-state index contributed by atoms with van der Waals surface area (Å²) in [4.78, 5) is 19.1. The lowest BCUT2D eigenvalue weighted by Crippen LogP contribution is -2.41. The number of likely N-dealkylation sites (tertiary alicyclic amines) is 1. The molecule has 2 aromatic rings. The SMILES string of the molecule is CCc1nccn1CC(=O)N1CCC[C@@H](CCc2ccccc2C)C1. The molecule has 4 nitrogen and oxygen atoms in total. The number of aryl methyl sites for hydroxylation is 3. The third-order valence-electron chi connectivity index (χ3n) is 5.38. The molecule has 25 heavy (non-hydrogen) atoms. The van der Waals surface area contributed by atoms with E-state index in [1.54, 1.807) is 6.20 Å². The maximum atomic E-state index is 12.7. The van der Waals surface area contributed by atoms with Crippen molar-refractivity contribution in [2.75, 3.05) is 13.1 Å². The van der Waals surface area contributed by atoms with Crippen molar-refractivity contribution in [3.8, 4) is 0 Å². The topological polar surface area (TPSA) is 38.1 Å². The molecule has 1 amide bonds. The Hall–Kier alpha value is -2.10. The molecule has 1 saturated heterocycles. The number of nitrogens with zero attached hydrogens (tertiary/aromatic N) is 3. The molecule has 3 rings (SSSR count). The number of piperidine rings is 1. The van der Waals surface area contributed by atoms with Crippen molar-refractivity contribution in [2.24, 2.45) is 5.92 Å². The van der Waals surface area contributed by atoms with E-state index in [1.807, 2.05) is 10.8 Å². The first-order valence-electron chi connectivity index (χ1n) is 9.49. The van der Waals surface area contributed by atoms with E-state index in [0.717, 1.165) is 38.2 Å². The average molecular weight is 339 g/mol. The number of carbonyl (C=O) groups is 1. The number of hydrogen-bond donors (Lipinski definition) is 0. The number of imidazole rings is 1. The molecule has 0 unspecified atom stereocenters. The van der Waals surface area contributed by atoms with E-state index in [2.05, 4.69) is 48.0 Å². The zero-order valence-electron chi connectivity index (χ0n) is 15.4. The summed E-state index contributed by atoms with van der Waals surface area (Å²) in [5.74, 6) is 1.83. The van der Waals surface area contributed by atoms with Crippen LogP contribution in [0.3, 0.4) is 0 Å². The molecule has 0 aliphatic carbocycles. The minimum Gasteiger partial charge on any atom is -0.341 e. The molecule has 0 radical (unpaired) electrons. The fourth-order valence-corrected chi connectivity index (χ4v) is 3.82. The smallest absolute Gasteiger partial charge is 0.242 e. The highest BCUT2D eigenvalue weighted by Gasteiger charge is 2.24. The second kappa shape index (κ2) is 8.32. The molecular weight excluding hydrogens is 310 g/mol. The molecule has 4 heteroatoms. The highest BCUT2D eigenvalue weighted by Crippen LogP contribution is 2.23. The highest BCUT2D eigenvalue weighted by atomic mass is 16.2. The summed E-state index contributed by atoms with van der Waals surface area (Å²) in [5, 5.41) is 0. The van der Waals surface area contributed by atoms with Gasteiger partial charge in [0.05, 0.1) is 0 Å². The molecule has 0 bridgehead atoms. The Morgan fingerprint density at radius 2 is 2.16 bits per heavy atom. The lowest BCUT2D eigenvalue weighted by Gasteiger charge is -2.33. The van der Waals surface area contributed by atoms with Crippen LogP contribution in [0.2, 0.25) is 0 Å². The standard InChI is InChI=1S/C21H29N3O/c1-3-20-22-12-14-23(20)16-21(25)24-13-6-8-18(15-24)10-11-19-9-5-4-7-17(19)2/h4-5,7,9,12,14,18H,3,6,8,10-11,13,15-16H2,1-2H3/t18-/m0/s1. The zero-order chi connectivity index (χ0) is 17.6. The van der Waals surface area contributed by atoms with Gasteiger partial charge >= 0.3 is 0 Å². The Labute approximate surface area is 150 Å². The molecule has 1 aromatic carbocycles. The molecule has 1 fully saturated rings. The van der Waals surface area contributed by atoms with Gasteiger partial charge in [-0.3, -0.25) is 4.79 Å². The van der Waals surface area contributed by atoms with Gasteiger partial charge in [0.15, 0.2) is 0 Å². The van der Waals surface area contributed by atoms with Crippen LogP contribution in [0.5, 0.6) is 0 Å². The third-order valence-corrected chi connectivity index (χ3v) is 5.38. The van der Waals surface area contributed by atoms with Crippen LogP contribution < -0.4 is 0 Å². The maximum Gasteiger partial charge on any atom is 0.242 e. The normalized spacial score (nSPS) is 17.7. The lowest BCUT2D eigenvalue weighted by atomic mass is 9.90. The highest BCUT2D eigenvalue weighted by molar-refractivity contribution is 5.76. The number of hydrogen-bond acceptors (Lipinski definition) is 2. The van der Waals surface area contributed by atoms with E-state index in [0.29, 0.717) is 12.5 Å². The summed E-state index contributed by atoms with van der Waals surface area (Å²) in [5.41, 5.74) is 2.82. The number of aromatic nitrogens is 2. The predicted octanol–water partition coefficient (Wildman–Crippen LogP) is 3.63. The van der Waals surface area contributed by atoms with Crippen LogP contribution in [0, 0.1) is 12.8 Å². The Morgan fingerprint density at radius 3 is 2.96 bits per heavy atom. The largest absolute Gasteiger partial charge is 0.341 e. The van der Waals surface area contributed by atoms with Gasteiger partial charge in [0, 0.05) is 31.9 Å². The molecule has 1 atom stereocenters. The van der Waals surface area contributed by atoms with Crippen LogP contribution in [0.4, 0.5) is 0 Å². The van der Waals surface area contributed by atoms with E-state index in [4.69, 9.17) is 0 Å². The second-order valence-electron chi connectivity index (χ2n) is 7.14. The van der Waals surface area contributed by atoms with Gasteiger partial charge in [0.2, 0.25) is 5.91 Å². The van der Waals surface area contributed by atoms with E-state index >= 15 is 0 Å². The van der Waals surface area contributed by atoms with Crippen LogP contribution in [-0.2, 0) is 24.2 Å². The first-order chi connectivity index (χ1) is 12.2. The molecule has 1 aliphatic heterocycles. The van der Waals surface area contributed by atoms with Crippen molar-refractivity contribution >= 4 is 5.91 Å². The molecule has 0 N–H and O–H groups in total. The van der Waals surface area contributed by atoms with Crippen molar-refractivity contribution in [1.29, 1.82) is 0 Å². The Bertz CT molecular complexity index is 707. The second-order valence-corrected chi connectivity index (χ2v) is 7.14. The summed E-state index contributed by atoms with van der Waals surface area (Å²) in [7, 11) is 0. The van der Waals surface area contributed by atoms with Crippen molar-refractivity contribution < 1.29 is 4.79 Å². The van der Waals surface area contributed by atoms with Gasteiger partial charge in [-0.1, -0.05) is 31.2 Å². The first-order valence-corrected chi connectivity index (χ1v) is 9.49. The van der Waals surface area contributed by atoms with Gasteiger partial charge in [-0.25, -0.2) is 4.98 Å². The minimum atomic E-state index is 0.230. The van der Waals surface area contributed by atoms with Gasteiger partial charge in [0.1, 0.15) is 12.4 Å². The molecule has 1 aromatic heterocycles. The lowest BCUT2D eigenvalue weighted by molar-refractivity contribution is -0.133. The molecule has 0 saturated carbocycles. The molecule has 2 heterocycles. The monoisotopic (exact) mass is 339 g/mol. The van der Waals surface area contributed by atoms with Gasteiger partial charge in [-0.15, -0.1) is 0 Å². The van der Waals surface area contributed by atoms with Crippen molar-refractivity contribution in [3.63, 3.8) is 0 Å². The number of carbonyl (C=O) groups excluding carboxylic acids is 1. The number of rotatable bonds is 6. The molecule has 0 spiro atoms. The van der Waals surface area contributed by atoms with Gasteiger partial charge < -0.3 is 9.47 Å². The van der Waals surface area contributed by atoms with Crippen LogP contribution in [0.1, 0.15) is 43.1 Å². The quantitative estimate of drug-likeness (QED) is 0.806. The van der Waals surface area contributed by atoms with Crippen molar-refractivity contribution in [1.82, 2.24) is 14.5 Å². The van der Waals surface area contributed by atoms with Gasteiger partial charge in [-0.2, -0.15) is 0 Å². The van der Waals surface area contributed by atoms with E-state index in [9.17, 15) is 4.79 Å². The van der Waals surface area contributed by atoms with Crippen LogP contribution >= 0.6 is 0 Å². The van der Waals surface area contributed by atoms with Gasteiger partial charge in [-0.05, 0) is 49.7 Å². The predicted molar refractivity (Wildman–Crippen MR) is 100 cm³/mol. The van der Waals surface area contributed by atoms with Gasteiger partial charge in [0.25, 0.3) is 0 Å².